The number of likely N-dealkylation sites (N-methyl/N-ethyl adjacent to an activating group) is 1. The zero-order chi connectivity index (χ0) is 24.8. The average molecular weight is 475 g/mol. The second kappa shape index (κ2) is 11.7. The number of nitrogens with zero attached hydrogens (tertiary/aromatic N) is 5. The maximum Gasteiger partial charge on any atom is 0.253 e. The molecular weight excluding hydrogens is 436 g/mol. The third-order valence-corrected chi connectivity index (χ3v) is 7.07. The molecule has 4 rings (SSSR count). The highest BCUT2D eigenvalue weighted by atomic mass is 16.2. The van der Waals surface area contributed by atoms with Gasteiger partial charge in [0.15, 0.2) is 0 Å². The number of carbonyl (C=O) groups is 1. The van der Waals surface area contributed by atoms with E-state index in [0.717, 1.165) is 94.1 Å². The van der Waals surface area contributed by atoms with E-state index in [9.17, 15) is 10.1 Å². The summed E-state index contributed by atoms with van der Waals surface area (Å²) < 4.78 is 0. The molecule has 0 aromatic heterocycles. The fourth-order valence-electron chi connectivity index (χ4n) is 5.03. The molecule has 0 bridgehead atoms. The SMILES string of the molecule is CN1CCCN(C(=O)c2ccc(-c3ccc(CN4CCCNCC4)cc3C#N)c(N(C)C)c2)CC1. The van der Waals surface area contributed by atoms with Crippen molar-refractivity contribution in [3.63, 3.8) is 0 Å². The van der Waals surface area contributed by atoms with Crippen LogP contribution < -0.4 is 10.2 Å². The molecule has 0 aliphatic carbocycles. The smallest absolute Gasteiger partial charge is 0.253 e. The first-order valence-electron chi connectivity index (χ1n) is 12.7. The molecule has 2 aliphatic rings. The van der Waals surface area contributed by atoms with Gasteiger partial charge in [-0.1, -0.05) is 18.2 Å². The van der Waals surface area contributed by atoms with Crippen molar-refractivity contribution in [3.8, 4) is 17.2 Å². The molecule has 186 valence electrons. The van der Waals surface area contributed by atoms with Gasteiger partial charge in [-0.15, -0.1) is 0 Å². The van der Waals surface area contributed by atoms with E-state index in [4.69, 9.17) is 0 Å². The highest BCUT2D eigenvalue weighted by Gasteiger charge is 2.21. The minimum absolute atomic E-state index is 0.0812. The monoisotopic (exact) mass is 474 g/mol. The number of nitriles is 1. The van der Waals surface area contributed by atoms with E-state index in [-0.39, 0.29) is 5.91 Å². The summed E-state index contributed by atoms with van der Waals surface area (Å²) in [5.41, 5.74) is 5.37. The average Bonchev–Trinajstić information content (AvgIpc) is 3.25. The predicted octanol–water partition coefficient (Wildman–Crippen LogP) is 2.86. The topological polar surface area (TPSA) is 65.8 Å². The number of benzene rings is 2. The molecule has 7 heteroatoms. The molecule has 0 atom stereocenters. The van der Waals surface area contributed by atoms with Crippen molar-refractivity contribution in [2.45, 2.75) is 19.4 Å². The number of hydrogen-bond acceptors (Lipinski definition) is 6. The quantitative estimate of drug-likeness (QED) is 0.719. The lowest BCUT2D eigenvalue weighted by atomic mass is 9.95. The first-order valence-corrected chi connectivity index (χ1v) is 12.7. The van der Waals surface area contributed by atoms with Crippen molar-refractivity contribution in [3.05, 3.63) is 53.1 Å². The van der Waals surface area contributed by atoms with Crippen molar-refractivity contribution in [2.24, 2.45) is 0 Å². The van der Waals surface area contributed by atoms with Gasteiger partial charge in [-0.3, -0.25) is 9.69 Å². The molecule has 0 spiro atoms. The molecule has 2 saturated heterocycles. The summed E-state index contributed by atoms with van der Waals surface area (Å²) in [7, 11) is 6.08. The van der Waals surface area contributed by atoms with Crippen LogP contribution in [0.25, 0.3) is 11.1 Å². The molecule has 1 amide bonds. The number of hydrogen-bond donors (Lipinski definition) is 1. The molecule has 1 N–H and O–H groups in total. The lowest BCUT2D eigenvalue weighted by Gasteiger charge is -2.24. The van der Waals surface area contributed by atoms with Crippen LogP contribution in [0.3, 0.4) is 0 Å². The Labute approximate surface area is 209 Å². The summed E-state index contributed by atoms with van der Waals surface area (Å²) >= 11 is 0. The molecule has 0 unspecified atom stereocenters. The number of amides is 1. The van der Waals surface area contributed by atoms with Crippen molar-refractivity contribution in [1.82, 2.24) is 20.0 Å². The number of anilines is 1. The van der Waals surface area contributed by atoms with Crippen LogP contribution in [0, 0.1) is 11.3 Å². The minimum Gasteiger partial charge on any atom is -0.377 e. The zero-order valence-electron chi connectivity index (χ0n) is 21.4. The van der Waals surface area contributed by atoms with Crippen molar-refractivity contribution in [1.29, 1.82) is 5.26 Å². The Morgan fingerprint density at radius 2 is 1.80 bits per heavy atom. The van der Waals surface area contributed by atoms with Crippen LogP contribution >= 0.6 is 0 Å². The molecule has 2 heterocycles. The Morgan fingerprint density at radius 1 is 0.971 bits per heavy atom. The Hall–Kier alpha value is -2.92. The maximum atomic E-state index is 13.3. The molecule has 7 nitrogen and oxygen atoms in total. The first kappa shape index (κ1) is 25.2. The van der Waals surface area contributed by atoms with E-state index in [1.165, 1.54) is 0 Å². The fraction of sp³-hybridized carbons (Fsp3) is 0.500. The van der Waals surface area contributed by atoms with E-state index in [2.05, 4.69) is 40.4 Å². The second-order valence-electron chi connectivity index (χ2n) is 9.95. The van der Waals surface area contributed by atoms with Gasteiger partial charge >= 0.3 is 0 Å². The standard InChI is InChI=1S/C28H38N6O/c1-31(2)27-19-23(28(35)34-14-5-12-32(3)16-17-34)7-9-26(27)25-8-6-22(18-24(25)20-29)21-33-13-4-10-30-11-15-33/h6-9,18-19,30H,4-5,10-17,21H2,1-3H3. The molecule has 35 heavy (non-hydrogen) atoms. The van der Waals surface area contributed by atoms with E-state index < -0.39 is 0 Å². The number of nitrogens with one attached hydrogen (secondary N) is 1. The summed E-state index contributed by atoms with van der Waals surface area (Å²) in [5.74, 6) is 0.0812. The molecule has 0 radical (unpaired) electrons. The summed E-state index contributed by atoms with van der Waals surface area (Å²) in [6.07, 6.45) is 2.14. The van der Waals surface area contributed by atoms with Crippen LogP contribution in [0.4, 0.5) is 5.69 Å². The Kier molecular flexibility index (Phi) is 8.40. The molecule has 2 aromatic carbocycles. The van der Waals surface area contributed by atoms with Gasteiger partial charge in [0.05, 0.1) is 11.6 Å². The third-order valence-electron chi connectivity index (χ3n) is 7.07. The predicted molar refractivity (Wildman–Crippen MR) is 142 cm³/mol. The number of carbonyl (C=O) groups excluding carboxylic acids is 1. The van der Waals surface area contributed by atoms with Gasteiger partial charge in [0.2, 0.25) is 0 Å². The Bertz CT molecular complexity index is 1070. The van der Waals surface area contributed by atoms with Crippen LogP contribution in [0.2, 0.25) is 0 Å². The lowest BCUT2D eigenvalue weighted by molar-refractivity contribution is 0.0763. The lowest BCUT2D eigenvalue weighted by Crippen LogP contribution is -2.34. The minimum atomic E-state index is 0.0812. The number of rotatable bonds is 5. The van der Waals surface area contributed by atoms with Crippen LogP contribution in [-0.4, -0.2) is 94.1 Å². The van der Waals surface area contributed by atoms with Crippen LogP contribution in [0.5, 0.6) is 0 Å². The Balaban J connectivity index is 1.60. The zero-order valence-corrected chi connectivity index (χ0v) is 21.4. The molecular formula is C28H38N6O. The van der Waals surface area contributed by atoms with Crippen molar-refractivity contribution in [2.75, 3.05) is 78.4 Å². The van der Waals surface area contributed by atoms with Gasteiger partial charge in [-0.2, -0.15) is 5.26 Å². The second-order valence-corrected chi connectivity index (χ2v) is 9.95. The van der Waals surface area contributed by atoms with E-state index in [1.807, 2.05) is 48.2 Å². The summed E-state index contributed by atoms with van der Waals surface area (Å²) in [5, 5.41) is 13.4. The van der Waals surface area contributed by atoms with E-state index in [0.29, 0.717) is 11.1 Å². The normalized spacial score (nSPS) is 17.9. The fourth-order valence-corrected chi connectivity index (χ4v) is 5.03. The summed E-state index contributed by atoms with van der Waals surface area (Å²) in [6.45, 7) is 8.49. The molecule has 2 aliphatic heterocycles. The van der Waals surface area contributed by atoms with Crippen molar-refractivity contribution >= 4 is 11.6 Å². The first-order chi connectivity index (χ1) is 17.0. The molecule has 0 saturated carbocycles. The third kappa shape index (κ3) is 6.21. The van der Waals surface area contributed by atoms with Crippen molar-refractivity contribution < 1.29 is 4.79 Å². The van der Waals surface area contributed by atoms with Crippen LogP contribution in [0.15, 0.2) is 36.4 Å². The van der Waals surface area contributed by atoms with Crippen LogP contribution in [0.1, 0.15) is 34.3 Å². The highest BCUT2D eigenvalue weighted by Crippen LogP contribution is 2.34. The molecule has 2 aromatic rings. The highest BCUT2D eigenvalue weighted by molar-refractivity contribution is 5.97. The van der Waals surface area contributed by atoms with Gasteiger partial charge < -0.3 is 20.0 Å². The van der Waals surface area contributed by atoms with Gasteiger partial charge in [0.1, 0.15) is 0 Å². The largest absolute Gasteiger partial charge is 0.377 e. The van der Waals surface area contributed by atoms with E-state index in [1.54, 1.807) is 0 Å². The van der Waals surface area contributed by atoms with E-state index >= 15 is 0 Å². The molecule has 2 fully saturated rings. The van der Waals surface area contributed by atoms with Gasteiger partial charge in [-0.25, -0.2) is 0 Å². The van der Waals surface area contributed by atoms with Crippen LogP contribution in [-0.2, 0) is 6.54 Å². The van der Waals surface area contributed by atoms with Gasteiger partial charge in [0, 0.05) is 75.7 Å². The van der Waals surface area contributed by atoms with Gasteiger partial charge in [0.25, 0.3) is 5.91 Å². The Morgan fingerprint density at radius 3 is 2.60 bits per heavy atom. The summed E-state index contributed by atoms with van der Waals surface area (Å²) in [4.78, 5) is 22.0. The summed E-state index contributed by atoms with van der Waals surface area (Å²) in [6, 6.07) is 14.6. The maximum absolute atomic E-state index is 13.3. The van der Waals surface area contributed by atoms with Gasteiger partial charge in [-0.05, 0) is 63.3 Å².